The maximum absolute atomic E-state index is 12.4. The molecule has 2 aromatic carbocycles. The van der Waals surface area contributed by atoms with Crippen molar-refractivity contribution in [3.05, 3.63) is 94.0 Å². The van der Waals surface area contributed by atoms with E-state index in [1.165, 1.54) is 16.1 Å². The van der Waals surface area contributed by atoms with Crippen molar-refractivity contribution in [1.29, 1.82) is 0 Å². The Hall–Kier alpha value is -3.74. The summed E-state index contributed by atoms with van der Waals surface area (Å²) in [6, 6.07) is 20.8. The van der Waals surface area contributed by atoms with E-state index in [4.69, 9.17) is 0 Å². The van der Waals surface area contributed by atoms with Gasteiger partial charge in [-0.25, -0.2) is 0 Å². The molecule has 0 saturated heterocycles. The molecule has 0 fully saturated rings. The maximum atomic E-state index is 12.4. The van der Waals surface area contributed by atoms with Crippen LogP contribution in [0.15, 0.2) is 71.5 Å². The third-order valence-electron chi connectivity index (χ3n) is 4.34. The number of nitrogens with zero attached hydrogens (tertiary/aromatic N) is 3. The Labute approximate surface area is 161 Å². The molecule has 7 nitrogen and oxygen atoms in total. The Morgan fingerprint density at radius 3 is 2.36 bits per heavy atom. The van der Waals surface area contributed by atoms with E-state index in [9.17, 15) is 9.59 Å². The van der Waals surface area contributed by atoms with Gasteiger partial charge in [0.05, 0.1) is 6.42 Å². The highest BCUT2D eigenvalue weighted by Crippen LogP contribution is 2.10. The molecular weight excluding hydrogens is 354 g/mol. The molecular formula is C21H19N5O2. The van der Waals surface area contributed by atoms with Crippen LogP contribution in [-0.2, 0) is 24.1 Å². The van der Waals surface area contributed by atoms with Gasteiger partial charge < -0.3 is 5.32 Å². The molecule has 0 bridgehead atoms. The van der Waals surface area contributed by atoms with Crippen molar-refractivity contribution in [2.75, 3.05) is 5.32 Å². The van der Waals surface area contributed by atoms with Gasteiger partial charge in [-0.1, -0.05) is 60.7 Å². The molecule has 0 spiro atoms. The zero-order chi connectivity index (χ0) is 19.3. The van der Waals surface area contributed by atoms with E-state index in [2.05, 4.69) is 20.4 Å². The molecule has 140 valence electrons. The van der Waals surface area contributed by atoms with Gasteiger partial charge in [-0.15, -0.1) is 5.10 Å². The first-order valence-electron chi connectivity index (χ1n) is 9.04. The average Bonchev–Trinajstić information content (AvgIpc) is 3.11. The second kappa shape index (κ2) is 7.87. The van der Waals surface area contributed by atoms with E-state index in [1.54, 1.807) is 0 Å². The molecule has 0 radical (unpaired) electrons. The zero-order valence-electron chi connectivity index (χ0n) is 15.1. The molecule has 4 aromatic rings. The number of fused-ring (bicyclic) bond motifs is 1. The monoisotopic (exact) mass is 373 g/mol. The van der Waals surface area contributed by atoms with Gasteiger partial charge in [0.15, 0.2) is 5.82 Å². The van der Waals surface area contributed by atoms with Crippen LogP contribution in [0.25, 0.3) is 5.78 Å². The highest BCUT2D eigenvalue weighted by atomic mass is 16.2. The fourth-order valence-corrected chi connectivity index (χ4v) is 3.00. The van der Waals surface area contributed by atoms with E-state index in [1.807, 2.05) is 60.7 Å². The van der Waals surface area contributed by atoms with Crippen LogP contribution in [0.4, 0.5) is 5.82 Å². The Morgan fingerprint density at radius 1 is 0.964 bits per heavy atom. The van der Waals surface area contributed by atoms with Crippen molar-refractivity contribution >= 4 is 17.5 Å². The van der Waals surface area contributed by atoms with Gasteiger partial charge >= 0.3 is 0 Å². The number of hydrogen-bond donors (Lipinski definition) is 2. The van der Waals surface area contributed by atoms with Crippen LogP contribution in [0.3, 0.4) is 0 Å². The number of rotatable bonds is 6. The minimum absolute atomic E-state index is 0.213. The van der Waals surface area contributed by atoms with E-state index >= 15 is 0 Å². The molecule has 7 heteroatoms. The quantitative estimate of drug-likeness (QED) is 0.543. The summed E-state index contributed by atoms with van der Waals surface area (Å²) < 4.78 is 1.46. The molecule has 0 aliphatic carbocycles. The van der Waals surface area contributed by atoms with Gasteiger partial charge in [0.25, 0.3) is 5.56 Å². The number of anilines is 1. The molecule has 28 heavy (non-hydrogen) atoms. The summed E-state index contributed by atoms with van der Waals surface area (Å²) in [5.41, 5.74) is 1.74. The van der Waals surface area contributed by atoms with Crippen LogP contribution >= 0.6 is 0 Å². The maximum Gasteiger partial charge on any atom is 0.254 e. The number of carbonyl (C=O) groups excluding carboxylic acids is 1. The molecule has 1 amide bonds. The summed E-state index contributed by atoms with van der Waals surface area (Å²) in [6.45, 7) is 0. The van der Waals surface area contributed by atoms with E-state index in [0.717, 1.165) is 12.0 Å². The van der Waals surface area contributed by atoms with E-state index < -0.39 is 0 Å². The first kappa shape index (κ1) is 17.7. The first-order valence-corrected chi connectivity index (χ1v) is 9.04. The van der Waals surface area contributed by atoms with Crippen LogP contribution in [-0.4, -0.2) is 25.5 Å². The lowest BCUT2D eigenvalue weighted by molar-refractivity contribution is -0.115. The highest BCUT2D eigenvalue weighted by molar-refractivity contribution is 5.91. The standard InChI is InChI=1S/C21H19N5O2/c27-19(13-16-9-5-2-6-10-16)23-18-14-20(28)24-21-22-17(25-26(18)21)12-11-15-7-3-1-4-8-15/h1-10,14H,11-13H2,(H,23,27)(H,22,24,25,28). The summed E-state index contributed by atoms with van der Waals surface area (Å²) in [5.74, 6) is 0.993. The lowest BCUT2D eigenvalue weighted by Gasteiger charge is -2.06. The highest BCUT2D eigenvalue weighted by Gasteiger charge is 2.12. The molecule has 0 aliphatic rings. The van der Waals surface area contributed by atoms with Crippen molar-refractivity contribution in [3.63, 3.8) is 0 Å². The van der Waals surface area contributed by atoms with E-state index in [0.29, 0.717) is 23.8 Å². The molecule has 2 N–H and O–H groups in total. The SMILES string of the molecule is O=C(Cc1ccccc1)Nc1cc(=O)[nH]c2nc(CCc3ccccc3)nn12. The van der Waals surface area contributed by atoms with Crippen LogP contribution in [0.2, 0.25) is 0 Å². The number of aryl methyl sites for hydroxylation is 2. The van der Waals surface area contributed by atoms with E-state index in [-0.39, 0.29) is 17.9 Å². The molecule has 0 saturated carbocycles. The Bertz CT molecular complexity index is 1150. The summed E-state index contributed by atoms with van der Waals surface area (Å²) >= 11 is 0. The van der Waals surface area contributed by atoms with Gasteiger partial charge in [-0.2, -0.15) is 9.50 Å². The van der Waals surface area contributed by atoms with Gasteiger partial charge in [0.1, 0.15) is 5.82 Å². The van der Waals surface area contributed by atoms with Crippen molar-refractivity contribution in [3.8, 4) is 0 Å². The van der Waals surface area contributed by atoms with Gasteiger partial charge in [0, 0.05) is 12.5 Å². The molecule has 2 aromatic heterocycles. The largest absolute Gasteiger partial charge is 0.310 e. The third kappa shape index (κ3) is 4.15. The predicted octanol–water partition coefficient (Wildman–Crippen LogP) is 2.38. The van der Waals surface area contributed by atoms with Crippen molar-refractivity contribution < 1.29 is 4.79 Å². The fraction of sp³-hybridized carbons (Fsp3) is 0.143. The number of hydrogen-bond acceptors (Lipinski definition) is 4. The molecule has 0 unspecified atom stereocenters. The Kier molecular flexibility index (Phi) is 4.97. The molecule has 0 aliphatic heterocycles. The van der Waals surface area contributed by atoms with Crippen molar-refractivity contribution in [1.82, 2.24) is 19.6 Å². The number of benzene rings is 2. The summed E-state index contributed by atoms with van der Waals surface area (Å²) in [4.78, 5) is 31.4. The Balaban J connectivity index is 1.53. The fourth-order valence-electron chi connectivity index (χ4n) is 3.00. The van der Waals surface area contributed by atoms with Gasteiger partial charge in [-0.3, -0.25) is 14.6 Å². The van der Waals surface area contributed by atoms with Crippen LogP contribution in [0, 0.1) is 0 Å². The molecule has 2 heterocycles. The number of aromatic nitrogens is 4. The minimum Gasteiger partial charge on any atom is -0.310 e. The molecule has 4 rings (SSSR count). The summed E-state index contributed by atoms with van der Waals surface area (Å²) in [5, 5.41) is 7.21. The summed E-state index contributed by atoms with van der Waals surface area (Å²) in [7, 11) is 0. The lowest BCUT2D eigenvalue weighted by Crippen LogP contribution is -2.20. The smallest absolute Gasteiger partial charge is 0.254 e. The normalized spacial score (nSPS) is 10.9. The topological polar surface area (TPSA) is 92.1 Å². The van der Waals surface area contributed by atoms with Crippen LogP contribution in [0.1, 0.15) is 17.0 Å². The van der Waals surface area contributed by atoms with Crippen molar-refractivity contribution in [2.45, 2.75) is 19.3 Å². The van der Waals surface area contributed by atoms with Gasteiger partial charge in [-0.05, 0) is 17.5 Å². The predicted molar refractivity (Wildman–Crippen MR) is 106 cm³/mol. The minimum atomic E-state index is -0.343. The van der Waals surface area contributed by atoms with Gasteiger partial charge in [0.2, 0.25) is 11.7 Å². The average molecular weight is 373 g/mol. The third-order valence-corrected chi connectivity index (χ3v) is 4.34. The zero-order valence-corrected chi connectivity index (χ0v) is 15.1. The number of nitrogens with one attached hydrogen (secondary N) is 2. The second-order valence-corrected chi connectivity index (χ2v) is 6.48. The number of H-pyrrole nitrogens is 1. The second-order valence-electron chi connectivity index (χ2n) is 6.48. The van der Waals surface area contributed by atoms with Crippen molar-refractivity contribution in [2.24, 2.45) is 0 Å². The number of carbonyl (C=O) groups is 1. The molecule has 0 atom stereocenters. The van der Waals surface area contributed by atoms with Crippen LogP contribution in [0.5, 0.6) is 0 Å². The number of aromatic amines is 1. The summed E-state index contributed by atoms with van der Waals surface area (Å²) in [6.07, 6.45) is 1.63. The lowest BCUT2D eigenvalue weighted by atomic mass is 10.1. The Morgan fingerprint density at radius 2 is 1.64 bits per heavy atom. The van der Waals surface area contributed by atoms with Crippen LogP contribution < -0.4 is 10.9 Å². The first-order chi connectivity index (χ1) is 13.7. The number of amides is 1.